The summed E-state index contributed by atoms with van der Waals surface area (Å²) in [6, 6.07) is 14.2. The smallest absolute Gasteiger partial charge is 0.340 e. The largest absolute Gasteiger partial charge is 0.497 e. The first-order chi connectivity index (χ1) is 14.0. The van der Waals surface area contributed by atoms with Crippen LogP contribution >= 0.6 is 0 Å². The summed E-state index contributed by atoms with van der Waals surface area (Å²) in [5.41, 5.74) is 1.65. The summed E-state index contributed by atoms with van der Waals surface area (Å²) < 4.78 is 10.2. The molecule has 1 unspecified atom stereocenters. The summed E-state index contributed by atoms with van der Waals surface area (Å²) in [6.07, 6.45) is 0.142. The number of anilines is 1. The minimum Gasteiger partial charge on any atom is -0.497 e. The van der Waals surface area contributed by atoms with Crippen molar-refractivity contribution in [2.75, 3.05) is 25.6 Å². The topological polar surface area (TPSA) is 84.9 Å². The van der Waals surface area contributed by atoms with E-state index in [4.69, 9.17) is 9.47 Å². The first kappa shape index (κ1) is 20.4. The molecule has 0 saturated carbocycles. The number of carbonyl (C=O) groups is 3. The molecule has 1 N–H and O–H groups in total. The van der Waals surface area contributed by atoms with Gasteiger partial charge in [-0.25, -0.2) is 4.79 Å². The van der Waals surface area contributed by atoms with E-state index in [1.807, 2.05) is 24.3 Å². The Hall–Kier alpha value is -3.35. The van der Waals surface area contributed by atoms with E-state index in [1.165, 1.54) is 0 Å². The molecule has 1 heterocycles. The predicted molar refractivity (Wildman–Crippen MR) is 108 cm³/mol. The van der Waals surface area contributed by atoms with Crippen molar-refractivity contribution in [1.82, 2.24) is 4.90 Å². The normalized spacial score (nSPS) is 15.9. The number of nitrogens with one attached hydrogen (secondary N) is 1. The third-order valence-corrected chi connectivity index (χ3v) is 4.80. The van der Waals surface area contributed by atoms with Gasteiger partial charge in [0.1, 0.15) is 5.75 Å². The molecule has 7 heteroatoms. The van der Waals surface area contributed by atoms with Gasteiger partial charge in [-0.2, -0.15) is 0 Å². The van der Waals surface area contributed by atoms with Crippen LogP contribution in [0.15, 0.2) is 48.5 Å². The highest BCUT2D eigenvalue weighted by Gasteiger charge is 2.34. The van der Waals surface area contributed by atoms with Crippen LogP contribution in [0.3, 0.4) is 0 Å². The predicted octanol–water partition coefficient (Wildman–Crippen LogP) is 2.86. The molecule has 29 heavy (non-hydrogen) atoms. The average molecular weight is 396 g/mol. The van der Waals surface area contributed by atoms with Crippen LogP contribution in [0.4, 0.5) is 5.69 Å². The van der Waals surface area contributed by atoms with Crippen molar-refractivity contribution in [2.45, 2.75) is 19.9 Å². The summed E-state index contributed by atoms with van der Waals surface area (Å²) in [6.45, 7) is 2.74. The number of para-hydroxylation sites is 1. The van der Waals surface area contributed by atoms with Crippen molar-refractivity contribution < 1.29 is 23.9 Å². The molecule has 3 rings (SSSR count). The van der Waals surface area contributed by atoms with Crippen molar-refractivity contribution in [2.24, 2.45) is 5.92 Å². The third-order valence-electron chi connectivity index (χ3n) is 4.80. The van der Waals surface area contributed by atoms with E-state index >= 15 is 0 Å². The summed E-state index contributed by atoms with van der Waals surface area (Å²) >= 11 is 0. The van der Waals surface area contributed by atoms with Gasteiger partial charge in [-0.1, -0.05) is 24.3 Å². The summed E-state index contributed by atoms with van der Waals surface area (Å²) in [5.74, 6) is -0.575. The van der Waals surface area contributed by atoms with E-state index in [0.717, 1.165) is 11.3 Å². The van der Waals surface area contributed by atoms with Crippen LogP contribution in [-0.2, 0) is 20.9 Å². The maximum Gasteiger partial charge on any atom is 0.340 e. The monoisotopic (exact) mass is 396 g/mol. The van der Waals surface area contributed by atoms with Gasteiger partial charge in [-0.05, 0) is 36.8 Å². The highest BCUT2D eigenvalue weighted by Crippen LogP contribution is 2.24. The molecular weight excluding hydrogens is 372 g/mol. The number of carbonyl (C=O) groups excluding carboxylic acids is 3. The molecule has 1 saturated heterocycles. The average Bonchev–Trinajstić information content (AvgIpc) is 3.09. The van der Waals surface area contributed by atoms with Crippen LogP contribution in [-0.4, -0.2) is 42.9 Å². The van der Waals surface area contributed by atoms with Gasteiger partial charge in [0, 0.05) is 19.5 Å². The van der Waals surface area contributed by atoms with E-state index in [2.05, 4.69) is 5.32 Å². The van der Waals surface area contributed by atoms with Gasteiger partial charge >= 0.3 is 5.97 Å². The Labute approximate surface area is 169 Å². The van der Waals surface area contributed by atoms with Crippen molar-refractivity contribution in [3.8, 4) is 5.75 Å². The zero-order valence-electron chi connectivity index (χ0n) is 16.5. The second-order valence-electron chi connectivity index (χ2n) is 6.78. The fraction of sp³-hybridized carbons (Fsp3) is 0.318. The number of rotatable bonds is 7. The molecule has 152 valence electrons. The number of benzene rings is 2. The van der Waals surface area contributed by atoms with E-state index in [0.29, 0.717) is 24.3 Å². The molecule has 0 aromatic heterocycles. The second-order valence-corrected chi connectivity index (χ2v) is 6.78. The zero-order valence-corrected chi connectivity index (χ0v) is 16.5. The van der Waals surface area contributed by atoms with Gasteiger partial charge in [-0.15, -0.1) is 0 Å². The molecule has 0 spiro atoms. The van der Waals surface area contributed by atoms with Crippen molar-refractivity contribution in [3.05, 3.63) is 59.7 Å². The van der Waals surface area contributed by atoms with Crippen LogP contribution in [0.1, 0.15) is 29.3 Å². The highest BCUT2D eigenvalue weighted by atomic mass is 16.5. The van der Waals surface area contributed by atoms with Gasteiger partial charge in [0.2, 0.25) is 11.8 Å². The van der Waals surface area contributed by atoms with Gasteiger partial charge in [-0.3, -0.25) is 9.59 Å². The van der Waals surface area contributed by atoms with Crippen LogP contribution in [0.2, 0.25) is 0 Å². The van der Waals surface area contributed by atoms with E-state index in [-0.39, 0.29) is 24.8 Å². The van der Waals surface area contributed by atoms with E-state index in [9.17, 15) is 14.4 Å². The number of likely N-dealkylation sites (tertiary alicyclic amines) is 1. The van der Waals surface area contributed by atoms with Crippen LogP contribution in [0.5, 0.6) is 5.75 Å². The molecule has 0 bridgehead atoms. The van der Waals surface area contributed by atoms with Crippen molar-refractivity contribution >= 4 is 23.5 Å². The Morgan fingerprint density at radius 1 is 1.14 bits per heavy atom. The molecule has 7 nitrogen and oxygen atoms in total. The first-order valence-electron chi connectivity index (χ1n) is 9.49. The third kappa shape index (κ3) is 4.93. The Morgan fingerprint density at radius 2 is 1.86 bits per heavy atom. The molecule has 0 aliphatic carbocycles. The molecular formula is C22H24N2O5. The quantitative estimate of drug-likeness (QED) is 0.728. The van der Waals surface area contributed by atoms with Crippen molar-refractivity contribution in [1.29, 1.82) is 0 Å². The Bertz CT molecular complexity index is 894. The number of methoxy groups -OCH3 is 1. The Balaban J connectivity index is 1.64. The molecule has 0 radical (unpaired) electrons. The SMILES string of the molecule is CCOC(=O)c1ccccc1NC(=O)C1CC(=O)N(Cc2ccc(OC)cc2)C1. The lowest BCUT2D eigenvalue weighted by Gasteiger charge is -2.17. The molecule has 2 aromatic carbocycles. The fourth-order valence-corrected chi connectivity index (χ4v) is 3.27. The number of nitrogens with zero attached hydrogens (tertiary/aromatic N) is 1. The molecule has 1 fully saturated rings. The number of amides is 2. The van der Waals surface area contributed by atoms with Gasteiger partial charge in [0.25, 0.3) is 0 Å². The Kier molecular flexibility index (Phi) is 6.49. The molecule has 1 aliphatic rings. The van der Waals surface area contributed by atoms with Crippen molar-refractivity contribution in [3.63, 3.8) is 0 Å². The summed E-state index contributed by atoms with van der Waals surface area (Å²) in [4.78, 5) is 38.8. The Morgan fingerprint density at radius 3 is 2.55 bits per heavy atom. The summed E-state index contributed by atoms with van der Waals surface area (Å²) in [7, 11) is 1.60. The maximum absolute atomic E-state index is 12.7. The van der Waals surface area contributed by atoms with Crippen LogP contribution < -0.4 is 10.1 Å². The molecule has 1 atom stereocenters. The van der Waals surface area contributed by atoms with E-state index < -0.39 is 11.9 Å². The number of ether oxygens (including phenoxy) is 2. The minimum atomic E-state index is -0.493. The van der Waals surface area contributed by atoms with Gasteiger partial charge in [0.15, 0.2) is 0 Å². The molecule has 1 aliphatic heterocycles. The van der Waals surface area contributed by atoms with Gasteiger partial charge < -0.3 is 19.7 Å². The number of hydrogen-bond donors (Lipinski definition) is 1. The fourth-order valence-electron chi connectivity index (χ4n) is 3.27. The van der Waals surface area contributed by atoms with Gasteiger partial charge in [0.05, 0.1) is 30.9 Å². The second kappa shape index (κ2) is 9.23. The summed E-state index contributed by atoms with van der Waals surface area (Å²) in [5, 5.41) is 2.78. The van der Waals surface area contributed by atoms with Crippen LogP contribution in [0.25, 0.3) is 0 Å². The standard InChI is InChI=1S/C22H24N2O5/c1-3-29-22(27)18-6-4-5-7-19(18)23-21(26)16-12-20(25)24(14-16)13-15-8-10-17(28-2)11-9-15/h4-11,16H,3,12-14H2,1-2H3,(H,23,26). The maximum atomic E-state index is 12.7. The number of esters is 1. The minimum absolute atomic E-state index is 0.0698. The molecule has 2 aromatic rings. The van der Waals surface area contributed by atoms with Crippen LogP contribution in [0, 0.1) is 5.92 Å². The molecule has 2 amide bonds. The lowest BCUT2D eigenvalue weighted by atomic mass is 10.1. The lowest BCUT2D eigenvalue weighted by molar-refractivity contribution is -0.128. The first-order valence-corrected chi connectivity index (χ1v) is 9.49. The van der Waals surface area contributed by atoms with E-state index in [1.54, 1.807) is 43.2 Å². The lowest BCUT2D eigenvalue weighted by Crippen LogP contribution is -2.28. The zero-order chi connectivity index (χ0) is 20.8. The highest BCUT2D eigenvalue weighted by molar-refractivity contribution is 6.03. The number of hydrogen-bond acceptors (Lipinski definition) is 5.